The van der Waals surface area contributed by atoms with Crippen LogP contribution in [0.4, 0.5) is 0 Å². The van der Waals surface area contributed by atoms with E-state index in [1.165, 1.54) is 24.3 Å². The molecule has 1 fully saturated rings. The van der Waals surface area contributed by atoms with Gasteiger partial charge in [-0.3, -0.25) is 9.59 Å². The Balaban J connectivity index is 2.05. The highest BCUT2D eigenvalue weighted by Crippen LogP contribution is 2.21. The Morgan fingerprint density at radius 1 is 1.27 bits per heavy atom. The Bertz CT molecular complexity index is 742. The second kappa shape index (κ2) is 9.14. The van der Waals surface area contributed by atoms with Crippen LogP contribution in [0.1, 0.15) is 55.8 Å². The van der Waals surface area contributed by atoms with Gasteiger partial charge in [0.2, 0.25) is 10.0 Å². The fourth-order valence-corrected chi connectivity index (χ4v) is 4.47. The molecule has 1 saturated carbocycles. The molecule has 1 aliphatic rings. The number of sulfonamides is 1. The summed E-state index contributed by atoms with van der Waals surface area (Å²) in [4.78, 5) is 23.5. The molecule has 0 heterocycles. The number of carbonyl (C=O) groups is 2. The Morgan fingerprint density at radius 2 is 1.96 bits per heavy atom. The van der Waals surface area contributed by atoms with Crippen molar-refractivity contribution in [1.82, 2.24) is 10.0 Å². The lowest BCUT2D eigenvalue weighted by molar-refractivity contribution is -0.141. The second-order valence-corrected chi connectivity index (χ2v) is 8.38. The Labute approximate surface area is 154 Å². The summed E-state index contributed by atoms with van der Waals surface area (Å²) in [6.45, 7) is 1.89. The molecule has 0 bridgehead atoms. The van der Waals surface area contributed by atoms with Crippen molar-refractivity contribution in [3.8, 4) is 0 Å². The molecule has 1 aliphatic carbocycles. The molecule has 8 heteroatoms. The van der Waals surface area contributed by atoms with Gasteiger partial charge in [-0.05, 0) is 37.5 Å². The third kappa shape index (κ3) is 5.54. The Kier molecular flexibility index (Phi) is 7.16. The van der Waals surface area contributed by atoms with Crippen LogP contribution in [0.3, 0.4) is 0 Å². The van der Waals surface area contributed by atoms with E-state index in [0.717, 1.165) is 25.7 Å². The molecule has 0 radical (unpaired) electrons. The van der Waals surface area contributed by atoms with E-state index >= 15 is 0 Å². The van der Waals surface area contributed by atoms with Crippen LogP contribution in [0.25, 0.3) is 0 Å². The number of benzene rings is 1. The molecule has 0 aliphatic heterocycles. The summed E-state index contributed by atoms with van der Waals surface area (Å²) < 4.78 is 27.6. The minimum atomic E-state index is -3.68. The zero-order valence-corrected chi connectivity index (χ0v) is 15.7. The maximum Gasteiger partial charge on any atom is 0.308 e. The number of hydrogen-bond donors (Lipinski definition) is 3. The smallest absolute Gasteiger partial charge is 0.308 e. The lowest BCUT2D eigenvalue weighted by Crippen LogP contribution is -2.34. The Hall–Kier alpha value is -1.93. The molecule has 1 unspecified atom stereocenters. The van der Waals surface area contributed by atoms with Gasteiger partial charge in [0.25, 0.3) is 5.91 Å². The second-order valence-electron chi connectivity index (χ2n) is 6.66. The van der Waals surface area contributed by atoms with Crippen molar-refractivity contribution in [3.05, 3.63) is 29.8 Å². The predicted molar refractivity (Wildman–Crippen MR) is 97.4 cm³/mol. The average Bonchev–Trinajstić information content (AvgIpc) is 3.10. The van der Waals surface area contributed by atoms with Crippen LogP contribution in [-0.4, -0.2) is 38.0 Å². The zero-order chi connectivity index (χ0) is 19.2. The summed E-state index contributed by atoms with van der Waals surface area (Å²) in [5, 5.41) is 11.7. The number of carboxylic acid groups (broad SMARTS) is 1. The first-order valence-corrected chi connectivity index (χ1v) is 10.4. The van der Waals surface area contributed by atoms with Crippen molar-refractivity contribution in [2.45, 2.75) is 56.4 Å². The largest absolute Gasteiger partial charge is 0.481 e. The SMILES string of the molecule is CCCC(CNC(=O)c1cccc(S(=O)(=O)NC2CCCC2)c1)C(=O)O. The minimum Gasteiger partial charge on any atom is -0.481 e. The molecule has 26 heavy (non-hydrogen) atoms. The number of amides is 1. The van der Waals surface area contributed by atoms with E-state index in [-0.39, 0.29) is 23.0 Å². The summed E-state index contributed by atoms with van der Waals surface area (Å²) >= 11 is 0. The van der Waals surface area contributed by atoms with Crippen LogP contribution in [0, 0.1) is 5.92 Å². The van der Waals surface area contributed by atoms with Crippen LogP contribution >= 0.6 is 0 Å². The topological polar surface area (TPSA) is 113 Å². The quantitative estimate of drug-likeness (QED) is 0.606. The van der Waals surface area contributed by atoms with E-state index in [0.29, 0.717) is 12.8 Å². The average molecular weight is 382 g/mol. The minimum absolute atomic E-state index is 0.0132. The van der Waals surface area contributed by atoms with Crippen LogP contribution in [0.15, 0.2) is 29.2 Å². The molecule has 0 aromatic heterocycles. The maximum absolute atomic E-state index is 12.5. The lowest BCUT2D eigenvalue weighted by atomic mass is 10.0. The normalized spacial score (nSPS) is 16.3. The van der Waals surface area contributed by atoms with Gasteiger partial charge in [0.05, 0.1) is 10.8 Å². The van der Waals surface area contributed by atoms with Gasteiger partial charge >= 0.3 is 5.97 Å². The molecule has 0 saturated heterocycles. The Morgan fingerprint density at radius 3 is 2.58 bits per heavy atom. The van der Waals surface area contributed by atoms with Crippen molar-refractivity contribution in [1.29, 1.82) is 0 Å². The van der Waals surface area contributed by atoms with Gasteiger partial charge in [0.1, 0.15) is 0 Å². The van der Waals surface area contributed by atoms with Gasteiger partial charge in [-0.1, -0.05) is 32.3 Å². The standard InChI is InChI=1S/C18H26N2O5S/c1-2-6-14(18(22)23)12-19-17(21)13-7-5-10-16(11-13)26(24,25)20-15-8-3-4-9-15/h5,7,10-11,14-15,20H,2-4,6,8-9,12H2,1H3,(H,19,21)(H,22,23). The number of aliphatic carboxylic acids is 1. The van der Waals surface area contributed by atoms with E-state index < -0.39 is 27.8 Å². The fraction of sp³-hybridized carbons (Fsp3) is 0.556. The molecular formula is C18H26N2O5S. The number of rotatable bonds is 9. The van der Waals surface area contributed by atoms with Crippen molar-refractivity contribution in [3.63, 3.8) is 0 Å². The molecule has 1 aromatic rings. The molecule has 1 aromatic carbocycles. The highest BCUT2D eigenvalue weighted by atomic mass is 32.2. The number of carbonyl (C=O) groups excluding carboxylic acids is 1. The highest BCUT2D eigenvalue weighted by Gasteiger charge is 2.24. The van der Waals surface area contributed by atoms with Gasteiger partial charge in [-0.25, -0.2) is 13.1 Å². The molecule has 0 spiro atoms. The van der Waals surface area contributed by atoms with E-state index in [4.69, 9.17) is 5.11 Å². The van der Waals surface area contributed by atoms with Gasteiger partial charge in [-0.2, -0.15) is 0 Å². The lowest BCUT2D eigenvalue weighted by Gasteiger charge is -2.14. The number of carboxylic acids is 1. The molecule has 2 rings (SSSR count). The van der Waals surface area contributed by atoms with Crippen molar-refractivity contribution >= 4 is 21.9 Å². The summed E-state index contributed by atoms with van der Waals surface area (Å²) in [6, 6.07) is 5.74. The molecule has 1 amide bonds. The van der Waals surface area contributed by atoms with Crippen molar-refractivity contribution in [2.24, 2.45) is 5.92 Å². The monoisotopic (exact) mass is 382 g/mol. The summed E-state index contributed by atoms with van der Waals surface area (Å²) in [7, 11) is -3.68. The van der Waals surface area contributed by atoms with E-state index in [2.05, 4.69) is 10.0 Å². The third-order valence-electron chi connectivity index (χ3n) is 4.58. The fourth-order valence-electron chi connectivity index (χ4n) is 3.11. The maximum atomic E-state index is 12.5. The van der Waals surface area contributed by atoms with Crippen LogP contribution < -0.4 is 10.0 Å². The first-order chi connectivity index (χ1) is 12.3. The summed E-state index contributed by atoms with van der Waals surface area (Å²) in [6.07, 6.45) is 4.85. The summed E-state index contributed by atoms with van der Waals surface area (Å²) in [5.74, 6) is -2.09. The van der Waals surface area contributed by atoms with Gasteiger partial charge in [0, 0.05) is 18.2 Å². The van der Waals surface area contributed by atoms with Crippen molar-refractivity contribution in [2.75, 3.05) is 6.54 Å². The van der Waals surface area contributed by atoms with E-state index in [1.54, 1.807) is 0 Å². The molecule has 144 valence electrons. The van der Waals surface area contributed by atoms with Crippen LogP contribution in [0.2, 0.25) is 0 Å². The highest BCUT2D eigenvalue weighted by molar-refractivity contribution is 7.89. The van der Waals surface area contributed by atoms with Crippen LogP contribution in [-0.2, 0) is 14.8 Å². The van der Waals surface area contributed by atoms with Gasteiger partial charge in [0.15, 0.2) is 0 Å². The molecule has 3 N–H and O–H groups in total. The summed E-state index contributed by atoms with van der Waals surface area (Å²) in [5.41, 5.74) is 0.194. The van der Waals surface area contributed by atoms with Gasteiger partial charge in [-0.15, -0.1) is 0 Å². The molecule has 7 nitrogen and oxygen atoms in total. The molecule has 1 atom stereocenters. The zero-order valence-electron chi connectivity index (χ0n) is 14.9. The first kappa shape index (κ1) is 20.4. The first-order valence-electron chi connectivity index (χ1n) is 8.97. The van der Waals surface area contributed by atoms with E-state index in [9.17, 15) is 18.0 Å². The van der Waals surface area contributed by atoms with Gasteiger partial charge < -0.3 is 10.4 Å². The number of nitrogens with one attached hydrogen (secondary N) is 2. The van der Waals surface area contributed by atoms with E-state index in [1.807, 2.05) is 6.92 Å². The third-order valence-corrected chi connectivity index (χ3v) is 6.10. The van der Waals surface area contributed by atoms with Crippen LogP contribution in [0.5, 0.6) is 0 Å². The molecular weight excluding hydrogens is 356 g/mol. The number of hydrogen-bond acceptors (Lipinski definition) is 4. The predicted octanol–water partition coefficient (Wildman–Crippen LogP) is 2.14. The van der Waals surface area contributed by atoms with Crippen molar-refractivity contribution < 1.29 is 23.1 Å².